The minimum Gasteiger partial charge on any atom is -0.359 e. The Labute approximate surface area is 115 Å². The van der Waals surface area contributed by atoms with Crippen molar-refractivity contribution in [3.8, 4) is 0 Å². The predicted octanol–water partition coefficient (Wildman–Crippen LogP) is 1.56. The number of nitrogens with two attached hydrogens (primary N) is 1. The second-order valence-electron chi connectivity index (χ2n) is 5.16. The van der Waals surface area contributed by atoms with Crippen LogP contribution in [0.1, 0.15) is 30.4 Å². The summed E-state index contributed by atoms with van der Waals surface area (Å²) in [4.78, 5) is 14.3. The van der Waals surface area contributed by atoms with Gasteiger partial charge in [0.1, 0.15) is 6.04 Å². The molecule has 1 aliphatic heterocycles. The molecule has 4 heteroatoms. The molecule has 0 radical (unpaired) electrons. The van der Waals surface area contributed by atoms with E-state index in [1.54, 1.807) is 7.05 Å². The van der Waals surface area contributed by atoms with E-state index in [1.165, 1.54) is 5.56 Å². The molecule has 4 nitrogen and oxygen atoms in total. The summed E-state index contributed by atoms with van der Waals surface area (Å²) in [5, 5.41) is 2.77. The van der Waals surface area contributed by atoms with Crippen molar-refractivity contribution in [3.63, 3.8) is 0 Å². The van der Waals surface area contributed by atoms with Crippen molar-refractivity contribution in [1.82, 2.24) is 5.32 Å². The maximum absolute atomic E-state index is 12.1. The highest BCUT2D eigenvalue weighted by Gasteiger charge is 2.29. The minimum atomic E-state index is -0.0640. The van der Waals surface area contributed by atoms with Gasteiger partial charge in [-0.05, 0) is 43.4 Å². The van der Waals surface area contributed by atoms with Gasteiger partial charge in [0.25, 0.3) is 0 Å². The van der Waals surface area contributed by atoms with E-state index in [9.17, 15) is 4.79 Å². The van der Waals surface area contributed by atoms with Crippen molar-refractivity contribution in [3.05, 3.63) is 29.3 Å². The molecule has 0 spiro atoms. The number of hydrogen-bond donors (Lipinski definition) is 2. The minimum absolute atomic E-state index is 0.0640. The van der Waals surface area contributed by atoms with Crippen LogP contribution in [0.25, 0.3) is 0 Å². The first-order valence-corrected chi connectivity index (χ1v) is 6.95. The highest BCUT2D eigenvalue weighted by Crippen LogP contribution is 2.29. The molecule has 1 amide bonds. The standard InChI is InChI=1S/C15H23N3O/c1-11-6-7-12(10-16)14(9-11)18-8-4-3-5-13(18)15(19)17-2/h6-7,9,13H,3-5,8,10,16H2,1-2H3,(H,17,19). The highest BCUT2D eigenvalue weighted by molar-refractivity contribution is 5.85. The van der Waals surface area contributed by atoms with Gasteiger partial charge in [0.2, 0.25) is 5.91 Å². The maximum Gasteiger partial charge on any atom is 0.242 e. The second-order valence-corrected chi connectivity index (χ2v) is 5.16. The molecule has 0 bridgehead atoms. The van der Waals surface area contributed by atoms with E-state index < -0.39 is 0 Å². The summed E-state index contributed by atoms with van der Waals surface area (Å²) in [6, 6.07) is 6.22. The van der Waals surface area contributed by atoms with E-state index in [0.717, 1.165) is 37.1 Å². The maximum atomic E-state index is 12.1. The molecule has 1 heterocycles. The first-order chi connectivity index (χ1) is 9.17. The van der Waals surface area contributed by atoms with Gasteiger partial charge in [-0.3, -0.25) is 4.79 Å². The topological polar surface area (TPSA) is 58.4 Å². The van der Waals surface area contributed by atoms with Gasteiger partial charge in [-0.15, -0.1) is 0 Å². The Kier molecular flexibility index (Phi) is 4.43. The van der Waals surface area contributed by atoms with Crippen molar-refractivity contribution in [2.45, 2.75) is 38.8 Å². The number of carbonyl (C=O) groups is 1. The van der Waals surface area contributed by atoms with Crippen LogP contribution in [0.5, 0.6) is 0 Å². The highest BCUT2D eigenvalue weighted by atomic mass is 16.2. The summed E-state index contributed by atoms with van der Waals surface area (Å²) >= 11 is 0. The zero-order valence-electron chi connectivity index (χ0n) is 11.8. The lowest BCUT2D eigenvalue weighted by molar-refractivity contribution is -0.122. The molecule has 19 heavy (non-hydrogen) atoms. The lowest BCUT2D eigenvalue weighted by Crippen LogP contribution is -2.49. The third-order valence-electron chi connectivity index (χ3n) is 3.82. The molecule has 104 valence electrons. The van der Waals surface area contributed by atoms with Gasteiger partial charge in [-0.25, -0.2) is 0 Å². The van der Waals surface area contributed by atoms with Crippen LogP contribution in [0, 0.1) is 6.92 Å². The fourth-order valence-electron chi connectivity index (χ4n) is 2.77. The second kappa shape index (κ2) is 6.06. The molecule has 0 saturated carbocycles. The summed E-state index contributed by atoms with van der Waals surface area (Å²) in [6.07, 6.45) is 3.15. The van der Waals surface area contributed by atoms with Gasteiger partial charge in [0, 0.05) is 25.8 Å². The van der Waals surface area contributed by atoms with Crippen molar-refractivity contribution in [1.29, 1.82) is 0 Å². The molecular weight excluding hydrogens is 238 g/mol. The number of amides is 1. The average molecular weight is 261 g/mol. The van der Waals surface area contributed by atoms with Crippen LogP contribution in [0.3, 0.4) is 0 Å². The molecule has 0 aromatic heterocycles. The number of carbonyl (C=O) groups excluding carboxylic acids is 1. The molecule has 1 aromatic carbocycles. The largest absolute Gasteiger partial charge is 0.359 e. The van der Waals surface area contributed by atoms with Gasteiger partial charge in [-0.2, -0.15) is 0 Å². The van der Waals surface area contributed by atoms with E-state index in [2.05, 4.69) is 35.3 Å². The first-order valence-electron chi connectivity index (χ1n) is 6.95. The van der Waals surface area contributed by atoms with Gasteiger partial charge in [0.05, 0.1) is 0 Å². The first kappa shape index (κ1) is 13.9. The quantitative estimate of drug-likeness (QED) is 0.868. The Morgan fingerprint density at radius 1 is 1.47 bits per heavy atom. The van der Waals surface area contributed by atoms with Crippen LogP contribution in [-0.2, 0) is 11.3 Å². The van der Waals surface area contributed by atoms with Gasteiger partial charge >= 0.3 is 0 Å². The summed E-state index contributed by atoms with van der Waals surface area (Å²) in [6.45, 7) is 3.50. The van der Waals surface area contributed by atoms with E-state index in [0.29, 0.717) is 6.54 Å². The number of anilines is 1. The van der Waals surface area contributed by atoms with E-state index >= 15 is 0 Å². The third-order valence-corrected chi connectivity index (χ3v) is 3.82. The smallest absolute Gasteiger partial charge is 0.242 e. The number of hydrogen-bond acceptors (Lipinski definition) is 3. The Morgan fingerprint density at radius 3 is 2.95 bits per heavy atom. The van der Waals surface area contributed by atoms with Gasteiger partial charge in [-0.1, -0.05) is 12.1 Å². The lowest BCUT2D eigenvalue weighted by atomic mass is 9.98. The molecule has 1 fully saturated rings. The van der Waals surface area contributed by atoms with E-state index in [-0.39, 0.29) is 11.9 Å². The van der Waals surface area contributed by atoms with E-state index in [1.807, 2.05) is 0 Å². The molecule has 1 aliphatic rings. The number of rotatable bonds is 3. The van der Waals surface area contributed by atoms with Crippen molar-refractivity contribution >= 4 is 11.6 Å². The number of aryl methyl sites for hydroxylation is 1. The fourth-order valence-corrected chi connectivity index (χ4v) is 2.77. The fraction of sp³-hybridized carbons (Fsp3) is 0.533. The predicted molar refractivity (Wildman–Crippen MR) is 78.1 cm³/mol. The number of nitrogens with one attached hydrogen (secondary N) is 1. The van der Waals surface area contributed by atoms with Crippen LogP contribution in [-0.4, -0.2) is 25.5 Å². The van der Waals surface area contributed by atoms with Crippen molar-refractivity contribution < 1.29 is 4.79 Å². The SMILES string of the molecule is CNC(=O)C1CCCCN1c1cc(C)ccc1CN. The number of benzene rings is 1. The zero-order chi connectivity index (χ0) is 13.8. The Hall–Kier alpha value is -1.55. The zero-order valence-corrected chi connectivity index (χ0v) is 11.8. The van der Waals surface area contributed by atoms with Crippen LogP contribution >= 0.6 is 0 Å². The number of likely N-dealkylation sites (N-methyl/N-ethyl adjacent to an activating group) is 1. The Morgan fingerprint density at radius 2 is 2.26 bits per heavy atom. The molecular formula is C15H23N3O. The average Bonchev–Trinajstić information content (AvgIpc) is 2.46. The third kappa shape index (κ3) is 2.89. The summed E-state index contributed by atoms with van der Waals surface area (Å²) in [7, 11) is 1.70. The Bertz CT molecular complexity index is 459. The lowest BCUT2D eigenvalue weighted by Gasteiger charge is -2.37. The summed E-state index contributed by atoms with van der Waals surface area (Å²) in [5.41, 5.74) is 9.27. The number of nitrogens with zero attached hydrogens (tertiary/aromatic N) is 1. The van der Waals surface area contributed by atoms with Crippen molar-refractivity contribution in [2.24, 2.45) is 5.73 Å². The molecule has 1 aromatic rings. The van der Waals surface area contributed by atoms with E-state index in [4.69, 9.17) is 5.73 Å². The monoisotopic (exact) mass is 261 g/mol. The summed E-state index contributed by atoms with van der Waals surface area (Å²) in [5.74, 6) is 0.101. The van der Waals surface area contributed by atoms with Crippen molar-refractivity contribution in [2.75, 3.05) is 18.5 Å². The van der Waals surface area contributed by atoms with Crippen LogP contribution in [0.15, 0.2) is 18.2 Å². The van der Waals surface area contributed by atoms with Crippen LogP contribution in [0.4, 0.5) is 5.69 Å². The molecule has 3 N–H and O–H groups in total. The molecule has 1 unspecified atom stereocenters. The van der Waals surface area contributed by atoms with Crippen LogP contribution < -0.4 is 16.0 Å². The van der Waals surface area contributed by atoms with Gasteiger partial charge < -0.3 is 16.0 Å². The molecule has 0 aliphatic carbocycles. The van der Waals surface area contributed by atoms with Crippen LogP contribution in [0.2, 0.25) is 0 Å². The Balaban J connectivity index is 2.36. The summed E-state index contributed by atoms with van der Waals surface area (Å²) < 4.78 is 0. The number of piperidine rings is 1. The van der Waals surface area contributed by atoms with Gasteiger partial charge in [0.15, 0.2) is 0 Å². The molecule has 2 rings (SSSR count). The molecule has 1 atom stereocenters. The normalized spacial score (nSPS) is 19.3. The molecule has 1 saturated heterocycles.